The maximum absolute atomic E-state index is 13.9. The summed E-state index contributed by atoms with van der Waals surface area (Å²) in [5, 5.41) is 0.244. The van der Waals surface area contributed by atoms with Crippen molar-refractivity contribution < 1.29 is 12.8 Å². The van der Waals surface area contributed by atoms with E-state index in [2.05, 4.69) is 4.98 Å². The lowest BCUT2D eigenvalue weighted by Crippen LogP contribution is -2.48. The monoisotopic (exact) mass is 321 g/mol. The van der Waals surface area contributed by atoms with Crippen LogP contribution in [0.5, 0.6) is 0 Å². The molecule has 8 heteroatoms. The molecule has 5 nitrogen and oxygen atoms in total. The second-order valence-electron chi connectivity index (χ2n) is 4.98. The lowest BCUT2D eigenvalue weighted by Gasteiger charge is -2.37. The molecule has 1 aromatic heterocycles. The zero-order valence-electron chi connectivity index (χ0n) is 11.4. The number of nitrogens with zero attached hydrogens (tertiary/aromatic N) is 3. The zero-order valence-corrected chi connectivity index (χ0v) is 13.0. The third kappa shape index (κ3) is 3.39. The highest BCUT2D eigenvalue weighted by Crippen LogP contribution is 2.25. The van der Waals surface area contributed by atoms with Gasteiger partial charge in [-0.25, -0.2) is 22.1 Å². The van der Waals surface area contributed by atoms with Crippen molar-refractivity contribution in [3.63, 3.8) is 0 Å². The molecule has 0 saturated carbocycles. The average molecular weight is 322 g/mol. The van der Waals surface area contributed by atoms with Crippen LogP contribution in [0.4, 0.5) is 10.2 Å². The molecule has 20 heavy (non-hydrogen) atoms. The van der Waals surface area contributed by atoms with Crippen molar-refractivity contribution >= 4 is 27.4 Å². The van der Waals surface area contributed by atoms with Crippen LogP contribution in [0.2, 0.25) is 5.02 Å². The fourth-order valence-electron chi connectivity index (χ4n) is 2.35. The molecule has 0 spiro atoms. The summed E-state index contributed by atoms with van der Waals surface area (Å²) in [5.41, 5.74) is 0. The molecule has 1 unspecified atom stereocenters. The summed E-state index contributed by atoms with van der Waals surface area (Å²) in [6.07, 6.45) is 4.11. The Morgan fingerprint density at radius 2 is 2.25 bits per heavy atom. The van der Waals surface area contributed by atoms with Gasteiger partial charge in [-0.05, 0) is 18.9 Å². The van der Waals surface area contributed by atoms with Crippen molar-refractivity contribution in [2.24, 2.45) is 0 Å². The summed E-state index contributed by atoms with van der Waals surface area (Å²) in [5.74, 6) is -0.263. The third-order valence-corrected chi connectivity index (χ3v) is 5.07. The van der Waals surface area contributed by atoms with Gasteiger partial charge < -0.3 is 4.90 Å². The Morgan fingerprint density at radius 3 is 2.85 bits per heavy atom. The number of anilines is 1. The van der Waals surface area contributed by atoms with E-state index in [1.807, 2.05) is 0 Å². The molecule has 0 aromatic carbocycles. The van der Waals surface area contributed by atoms with Gasteiger partial charge in [0.25, 0.3) is 0 Å². The van der Waals surface area contributed by atoms with Crippen LogP contribution in [0.25, 0.3) is 0 Å². The average Bonchev–Trinajstić information content (AvgIpc) is 2.37. The van der Waals surface area contributed by atoms with E-state index in [4.69, 9.17) is 11.6 Å². The van der Waals surface area contributed by atoms with Gasteiger partial charge in [0.2, 0.25) is 10.0 Å². The number of hydrogen-bond donors (Lipinski definition) is 0. The van der Waals surface area contributed by atoms with Gasteiger partial charge in [0.05, 0.1) is 11.3 Å². The second kappa shape index (κ2) is 5.83. The Hall–Kier alpha value is -0.920. The van der Waals surface area contributed by atoms with E-state index in [1.54, 1.807) is 11.9 Å². The summed E-state index contributed by atoms with van der Waals surface area (Å²) in [6, 6.07) is 1.05. The Morgan fingerprint density at radius 1 is 1.55 bits per heavy atom. The van der Waals surface area contributed by atoms with Gasteiger partial charge in [-0.2, -0.15) is 0 Å². The molecule has 1 aromatic rings. The highest BCUT2D eigenvalue weighted by molar-refractivity contribution is 7.88. The summed E-state index contributed by atoms with van der Waals surface area (Å²) >= 11 is 5.69. The van der Waals surface area contributed by atoms with Crippen LogP contribution in [0, 0.1) is 5.82 Å². The molecule has 0 bridgehead atoms. The molecule has 1 saturated heterocycles. The molecule has 0 radical (unpaired) electrons. The van der Waals surface area contributed by atoms with E-state index < -0.39 is 15.8 Å². The summed E-state index contributed by atoms with van der Waals surface area (Å²) < 4.78 is 38.4. The first-order valence-electron chi connectivity index (χ1n) is 6.28. The molecule has 1 fully saturated rings. The Bertz CT molecular complexity index is 596. The van der Waals surface area contributed by atoms with Gasteiger partial charge in [-0.15, -0.1) is 0 Å². The lowest BCUT2D eigenvalue weighted by molar-refractivity contribution is 0.320. The molecule has 1 aliphatic heterocycles. The Balaban J connectivity index is 2.18. The van der Waals surface area contributed by atoms with Crippen molar-refractivity contribution in [2.75, 3.05) is 31.3 Å². The van der Waals surface area contributed by atoms with Gasteiger partial charge in [-0.3, -0.25) is 0 Å². The number of piperidine rings is 1. The normalized spacial score (nSPS) is 20.4. The minimum atomic E-state index is -3.25. The number of likely N-dealkylation sites (N-methyl/N-ethyl adjacent to an activating group) is 1. The van der Waals surface area contributed by atoms with Gasteiger partial charge in [0.15, 0.2) is 11.6 Å². The van der Waals surface area contributed by atoms with Crippen molar-refractivity contribution in [3.8, 4) is 0 Å². The molecular formula is C12H17ClFN3O2S. The molecule has 2 heterocycles. The number of hydrogen-bond acceptors (Lipinski definition) is 4. The van der Waals surface area contributed by atoms with Crippen LogP contribution in [0.1, 0.15) is 12.8 Å². The number of halogens is 2. The van der Waals surface area contributed by atoms with Crippen LogP contribution >= 0.6 is 11.6 Å². The number of pyridine rings is 1. The van der Waals surface area contributed by atoms with Gasteiger partial charge >= 0.3 is 0 Å². The first kappa shape index (κ1) is 15.5. The van der Waals surface area contributed by atoms with Gasteiger partial charge in [-0.1, -0.05) is 11.6 Å². The Labute approximate surface area is 123 Å². The Kier molecular flexibility index (Phi) is 4.51. The second-order valence-corrected chi connectivity index (χ2v) is 7.46. The first-order valence-corrected chi connectivity index (χ1v) is 8.50. The van der Waals surface area contributed by atoms with Crippen LogP contribution in [0.3, 0.4) is 0 Å². The topological polar surface area (TPSA) is 53.5 Å². The van der Waals surface area contributed by atoms with E-state index in [-0.39, 0.29) is 16.9 Å². The van der Waals surface area contributed by atoms with E-state index >= 15 is 0 Å². The standard InChI is InChI=1S/C12H17ClFN3O2S/c1-16(20(2,18)19)10-4-3-5-17(8-10)12-11(14)6-9(13)7-15-12/h6-7,10H,3-5,8H2,1-2H3. The SMILES string of the molecule is CN(C1CCCN(c2ncc(Cl)cc2F)C1)S(C)(=O)=O. The molecule has 0 amide bonds. The number of sulfonamides is 1. The number of rotatable bonds is 3. The molecule has 112 valence electrons. The molecular weight excluding hydrogens is 305 g/mol. The van der Waals surface area contributed by atoms with E-state index in [1.165, 1.54) is 22.8 Å². The quantitative estimate of drug-likeness (QED) is 0.851. The largest absolute Gasteiger partial charge is 0.353 e. The number of aromatic nitrogens is 1. The van der Waals surface area contributed by atoms with E-state index in [0.717, 1.165) is 12.8 Å². The zero-order chi connectivity index (χ0) is 14.9. The fourth-order valence-corrected chi connectivity index (χ4v) is 3.21. The van der Waals surface area contributed by atoms with Crippen LogP contribution in [-0.4, -0.2) is 50.1 Å². The predicted octanol–water partition coefficient (Wildman–Crippen LogP) is 1.73. The molecule has 1 atom stereocenters. The van der Waals surface area contributed by atoms with Gasteiger partial charge in [0, 0.05) is 32.4 Å². The highest BCUT2D eigenvalue weighted by Gasteiger charge is 2.29. The van der Waals surface area contributed by atoms with Crippen LogP contribution in [-0.2, 0) is 10.0 Å². The summed E-state index contributed by atoms with van der Waals surface area (Å²) in [7, 11) is -1.70. The van der Waals surface area contributed by atoms with Crippen LogP contribution < -0.4 is 4.90 Å². The third-order valence-electron chi connectivity index (χ3n) is 3.52. The highest BCUT2D eigenvalue weighted by atomic mass is 35.5. The minimum Gasteiger partial charge on any atom is -0.353 e. The molecule has 0 N–H and O–H groups in total. The molecule has 0 aliphatic carbocycles. The van der Waals surface area contributed by atoms with E-state index in [0.29, 0.717) is 13.1 Å². The maximum atomic E-state index is 13.9. The van der Waals surface area contributed by atoms with Crippen molar-refractivity contribution in [1.82, 2.24) is 9.29 Å². The lowest BCUT2D eigenvalue weighted by atomic mass is 10.1. The van der Waals surface area contributed by atoms with Crippen molar-refractivity contribution in [1.29, 1.82) is 0 Å². The predicted molar refractivity (Wildman–Crippen MR) is 77.0 cm³/mol. The van der Waals surface area contributed by atoms with Crippen LogP contribution in [0.15, 0.2) is 12.3 Å². The maximum Gasteiger partial charge on any atom is 0.211 e. The van der Waals surface area contributed by atoms with Crippen molar-refractivity contribution in [3.05, 3.63) is 23.1 Å². The fraction of sp³-hybridized carbons (Fsp3) is 0.583. The van der Waals surface area contributed by atoms with Gasteiger partial charge in [0.1, 0.15) is 0 Å². The summed E-state index contributed by atoms with van der Waals surface area (Å²) in [4.78, 5) is 5.77. The first-order chi connectivity index (χ1) is 9.29. The van der Waals surface area contributed by atoms with Crippen molar-refractivity contribution in [2.45, 2.75) is 18.9 Å². The smallest absolute Gasteiger partial charge is 0.211 e. The molecule has 2 rings (SSSR count). The molecule has 1 aliphatic rings. The van der Waals surface area contributed by atoms with E-state index in [9.17, 15) is 12.8 Å². The minimum absolute atomic E-state index is 0.171. The summed E-state index contributed by atoms with van der Waals surface area (Å²) in [6.45, 7) is 1.08.